The van der Waals surface area contributed by atoms with Crippen LogP contribution in [0.4, 0.5) is 28.4 Å². The molecule has 3 aromatic heterocycles. The summed E-state index contributed by atoms with van der Waals surface area (Å²) in [7, 11) is 0. The third kappa shape index (κ3) is 10.8. The first-order valence-corrected chi connectivity index (χ1v) is 29.0. The highest BCUT2D eigenvalue weighted by Gasteiger charge is 2.45. The number of hydrogen-bond acceptors (Lipinski definition) is 15. The molecule has 0 saturated carbocycles. The lowest BCUT2D eigenvalue weighted by atomic mass is 9.92. The Morgan fingerprint density at radius 2 is 1.74 bits per heavy atom. The van der Waals surface area contributed by atoms with Gasteiger partial charge >= 0.3 is 12.2 Å². The molecule has 0 spiro atoms. The number of benzene rings is 5. The van der Waals surface area contributed by atoms with Crippen LogP contribution in [-0.2, 0) is 27.1 Å². The maximum absolute atomic E-state index is 16.0. The second-order valence-electron chi connectivity index (χ2n) is 22.2. The molecule has 2 amide bonds. The molecule has 4 saturated heterocycles. The molecule has 5 aromatic carbocycles. The Labute approximate surface area is 489 Å². The second-order valence-corrected chi connectivity index (χ2v) is 23.6. The van der Waals surface area contributed by atoms with Crippen molar-refractivity contribution in [1.82, 2.24) is 40.5 Å². The monoisotopic (exact) mass is 1180 g/mol. The molecule has 434 valence electrons. The number of aliphatic hydroxyl groups excluding tert-OH is 1. The number of nitrogen functional groups attached to an aromatic ring is 1. The van der Waals surface area contributed by atoms with Gasteiger partial charge in [0.05, 0.1) is 47.4 Å². The van der Waals surface area contributed by atoms with E-state index in [-0.39, 0.29) is 98.4 Å². The molecule has 8 aromatic rings. The summed E-state index contributed by atoms with van der Waals surface area (Å²) in [5, 5.41) is 37.1. The van der Waals surface area contributed by atoms with Crippen molar-refractivity contribution in [3.8, 4) is 51.3 Å². The number of nitrogens with two attached hydrogens (primary N) is 1. The van der Waals surface area contributed by atoms with Gasteiger partial charge in [-0.2, -0.15) is 28.4 Å². The van der Waals surface area contributed by atoms with E-state index >= 15 is 17.6 Å². The zero-order chi connectivity index (χ0) is 58.7. The first-order valence-electron chi connectivity index (χ1n) is 27.8. The van der Waals surface area contributed by atoms with Crippen LogP contribution in [0.15, 0.2) is 97.2 Å². The van der Waals surface area contributed by atoms with E-state index in [0.29, 0.717) is 61.0 Å². The topological polar surface area (TPSA) is 219 Å². The smallest absolute Gasteiger partial charge is 0.417 e. The standard InChI is InChI=1S/C61H58ClF4N11O6S/c1-31(2)53(59(80)76-28-39(78)23-49(76)58(79)70-32(3)34-12-14-35(15-13-34)41-6-4-5-7-46(41)62)77-29-48(73-74-77)36-10-8-33(9-11-36)30-82-54-51(42-16-17-47(63)55-50(42)44(25-67)56(68)84-55)45(61(64,65)66)24-43-52(54)71-60(83-40-18-20-81-21-19-40)72-57(43)75-27-37-22-38(75)26-69-37/h4-17,24,29,31-32,37-40,49,53,69,78H,18-23,26-28,30,68H2,1-3H3,(H,70,79)/t32-,37-,38-,39+,49-,53-/m0/s1. The lowest BCUT2D eigenvalue weighted by Crippen LogP contribution is -2.49. The molecule has 0 unspecified atom stereocenters. The Morgan fingerprint density at radius 3 is 2.43 bits per heavy atom. The van der Waals surface area contributed by atoms with Crippen LogP contribution in [0.1, 0.15) is 80.8 Å². The zero-order valence-electron chi connectivity index (χ0n) is 45.9. The van der Waals surface area contributed by atoms with E-state index in [1.54, 1.807) is 30.5 Å². The Bertz CT molecular complexity index is 3870. The van der Waals surface area contributed by atoms with E-state index in [9.17, 15) is 20.0 Å². The van der Waals surface area contributed by atoms with Gasteiger partial charge in [0.1, 0.15) is 58.7 Å². The minimum Gasteiger partial charge on any atom is -0.486 e. The Balaban J connectivity index is 0.843. The van der Waals surface area contributed by atoms with Crippen LogP contribution in [0.5, 0.6) is 11.8 Å². The predicted molar refractivity (Wildman–Crippen MR) is 310 cm³/mol. The number of carbonyl (C=O) groups excluding carboxylic acids is 2. The number of carbonyl (C=O) groups is 2. The van der Waals surface area contributed by atoms with Crippen LogP contribution in [0.3, 0.4) is 0 Å². The van der Waals surface area contributed by atoms with Gasteiger partial charge in [0.2, 0.25) is 11.8 Å². The van der Waals surface area contributed by atoms with Crippen molar-refractivity contribution in [3.05, 3.63) is 130 Å². The number of rotatable bonds is 15. The van der Waals surface area contributed by atoms with Gasteiger partial charge in [-0.15, -0.1) is 16.4 Å². The number of alkyl halides is 3. The molecule has 4 fully saturated rings. The van der Waals surface area contributed by atoms with Crippen LogP contribution in [0.25, 0.3) is 54.5 Å². The van der Waals surface area contributed by atoms with Gasteiger partial charge in [-0.05, 0) is 59.7 Å². The number of aromatic nitrogens is 5. The van der Waals surface area contributed by atoms with Crippen molar-refractivity contribution in [3.63, 3.8) is 0 Å². The van der Waals surface area contributed by atoms with Crippen LogP contribution in [0.2, 0.25) is 5.02 Å². The lowest BCUT2D eigenvalue weighted by molar-refractivity contribution is -0.142. The first kappa shape index (κ1) is 56.5. The fourth-order valence-electron chi connectivity index (χ4n) is 12.1. The quantitative estimate of drug-likeness (QED) is 0.0702. The average molecular weight is 1180 g/mol. The minimum absolute atomic E-state index is 0.0174. The highest BCUT2D eigenvalue weighted by Crippen LogP contribution is 2.52. The predicted octanol–water partition coefficient (Wildman–Crippen LogP) is 10.4. The Kier molecular flexibility index (Phi) is 15.4. The van der Waals surface area contributed by atoms with Crippen LogP contribution >= 0.6 is 22.9 Å². The average Bonchev–Trinajstić information content (AvgIpc) is 1.34. The summed E-state index contributed by atoms with van der Waals surface area (Å²) in [6, 6.07) is 25.1. The highest BCUT2D eigenvalue weighted by molar-refractivity contribution is 7.23. The fraction of sp³-hybridized carbons (Fsp3) is 0.361. The maximum atomic E-state index is 16.0. The molecular formula is C61H58ClF4N11O6S. The van der Waals surface area contributed by atoms with Gasteiger partial charge < -0.3 is 45.5 Å². The summed E-state index contributed by atoms with van der Waals surface area (Å²) in [5.74, 6) is -1.96. The molecule has 17 nitrogen and oxygen atoms in total. The van der Waals surface area contributed by atoms with E-state index in [0.717, 1.165) is 46.6 Å². The summed E-state index contributed by atoms with van der Waals surface area (Å²) in [6.45, 7) is 7.17. The van der Waals surface area contributed by atoms with Crippen molar-refractivity contribution in [2.24, 2.45) is 5.92 Å². The molecule has 0 radical (unpaired) electrons. The molecule has 7 heterocycles. The maximum Gasteiger partial charge on any atom is 0.417 e. The number of fused-ring (bicyclic) bond motifs is 4. The summed E-state index contributed by atoms with van der Waals surface area (Å²) in [4.78, 5) is 41.6. The molecule has 2 bridgehead atoms. The number of ether oxygens (including phenoxy) is 3. The summed E-state index contributed by atoms with van der Waals surface area (Å²) >= 11 is 7.20. The highest BCUT2D eigenvalue weighted by atomic mass is 35.5. The van der Waals surface area contributed by atoms with Crippen LogP contribution in [0, 0.1) is 23.1 Å². The third-order valence-electron chi connectivity index (χ3n) is 16.3. The number of thiophene rings is 1. The van der Waals surface area contributed by atoms with Gasteiger partial charge in [-0.25, -0.2) is 9.07 Å². The van der Waals surface area contributed by atoms with E-state index < -0.39 is 59.2 Å². The van der Waals surface area contributed by atoms with E-state index in [2.05, 4.69) is 20.9 Å². The van der Waals surface area contributed by atoms with Crippen molar-refractivity contribution in [2.75, 3.05) is 43.5 Å². The summed E-state index contributed by atoms with van der Waals surface area (Å²) in [6.07, 6.45) is -2.78. The molecule has 23 heteroatoms. The number of amides is 2. The van der Waals surface area contributed by atoms with Crippen molar-refractivity contribution in [1.29, 1.82) is 5.26 Å². The summed E-state index contributed by atoms with van der Waals surface area (Å²) < 4.78 is 83.6. The molecule has 0 aliphatic carbocycles. The van der Waals surface area contributed by atoms with Crippen molar-refractivity contribution in [2.45, 2.75) is 102 Å². The molecule has 84 heavy (non-hydrogen) atoms. The molecule has 6 atom stereocenters. The number of anilines is 2. The lowest BCUT2D eigenvalue weighted by Gasteiger charge is -2.31. The normalized spacial score (nSPS) is 19.8. The van der Waals surface area contributed by atoms with E-state index in [1.165, 1.54) is 15.6 Å². The zero-order valence-corrected chi connectivity index (χ0v) is 47.4. The van der Waals surface area contributed by atoms with Gasteiger partial charge in [0.15, 0.2) is 5.75 Å². The van der Waals surface area contributed by atoms with Crippen LogP contribution in [-0.4, -0.2) is 110 Å². The number of piperazine rings is 1. The number of halogens is 5. The Morgan fingerprint density at radius 1 is 0.988 bits per heavy atom. The van der Waals surface area contributed by atoms with Crippen LogP contribution < -0.4 is 30.7 Å². The number of nitriles is 1. The largest absolute Gasteiger partial charge is 0.486 e. The van der Waals surface area contributed by atoms with Gasteiger partial charge in [0.25, 0.3) is 0 Å². The first-order chi connectivity index (χ1) is 40.4. The molecule has 5 N–H and O–H groups in total. The van der Waals surface area contributed by atoms with E-state index in [1.807, 2.05) is 80.3 Å². The molecular weight excluding hydrogens is 1130 g/mol. The number of β-amino-alcohol motifs (C(OH)–C–C–N with tert-alkyl or cyclic N) is 1. The fourth-order valence-corrected chi connectivity index (χ4v) is 13.3. The minimum atomic E-state index is -5.02. The summed E-state index contributed by atoms with van der Waals surface area (Å²) in [5.41, 5.74) is 8.53. The van der Waals surface area contributed by atoms with Gasteiger partial charge in [-0.1, -0.05) is 103 Å². The van der Waals surface area contributed by atoms with Gasteiger partial charge in [0, 0.05) is 83.5 Å². The molecule has 12 rings (SSSR count). The van der Waals surface area contributed by atoms with Crippen molar-refractivity contribution >= 4 is 66.6 Å². The second kappa shape index (κ2) is 22.9. The number of likely N-dealkylation sites (tertiary alicyclic amines) is 1. The number of aliphatic hydroxyl groups is 1. The Hall–Kier alpha value is -7.94. The van der Waals surface area contributed by atoms with Gasteiger partial charge in [-0.3, -0.25) is 9.59 Å². The van der Waals surface area contributed by atoms with E-state index in [4.69, 9.17) is 41.5 Å². The third-order valence-corrected chi connectivity index (χ3v) is 17.7. The SMILES string of the molecule is CC(C)[C@@H](C(=O)N1C[C@H](O)C[C@H]1C(=O)N[C@@H](C)c1ccc(-c2ccccc2Cl)cc1)n1cc(-c2ccc(COc3c(-c4ccc(F)c5sc(N)c(C#N)c45)c(C(F)(F)F)cc4c(N5C[C@@H]6C[C@H]5CN6)nc(OC5CCOCC5)nc34)cc2)nn1. The number of hydrogen-bond donors (Lipinski definition) is 4. The number of nitrogens with zero attached hydrogens (tertiary/aromatic N) is 8. The number of nitrogens with one attached hydrogen (secondary N) is 2. The molecule has 4 aliphatic rings. The molecule has 4 aliphatic heterocycles. The van der Waals surface area contributed by atoms with Crippen molar-refractivity contribution < 1.29 is 46.5 Å².